The van der Waals surface area contributed by atoms with Crippen LogP contribution in [0.4, 0.5) is 22.7 Å². The van der Waals surface area contributed by atoms with Crippen LogP contribution in [0.5, 0.6) is 0 Å². The van der Waals surface area contributed by atoms with Crippen molar-refractivity contribution in [3.8, 4) is 0 Å². The number of anilines is 2. The van der Waals surface area contributed by atoms with Crippen LogP contribution < -0.4 is 10.6 Å². The van der Waals surface area contributed by atoms with Crippen molar-refractivity contribution in [2.45, 2.75) is 6.42 Å². The highest BCUT2D eigenvalue weighted by Gasteiger charge is 2.12. The van der Waals surface area contributed by atoms with Gasteiger partial charge in [-0.2, -0.15) is 0 Å². The molecule has 2 aromatic rings. The van der Waals surface area contributed by atoms with Crippen LogP contribution in [0, 0.1) is 20.2 Å². The number of benzene rings is 2. The summed E-state index contributed by atoms with van der Waals surface area (Å²) in [6.07, 6.45) is 0.0863. The summed E-state index contributed by atoms with van der Waals surface area (Å²) in [5.41, 5.74) is 0.654. The number of nitrogens with zero attached hydrogens (tertiary/aromatic N) is 2. The summed E-state index contributed by atoms with van der Waals surface area (Å²) in [7, 11) is 0. The van der Waals surface area contributed by atoms with Gasteiger partial charge in [-0.3, -0.25) is 25.0 Å². The number of carbonyl (C=O) groups excluding carboxylic acids is 1. The van der Waals surface area contributed by atoms with Gasteiger partial charge in [0.15, 0.2) is 0 Å². The number of para-hydroxylation sites is 2. The third-order valence-corrected chi connectivity index (χ3v) is 3.13. The molecule has 0 radical (unpaired) electrons. The second-order valence-corrected chi connectivity index (χ2v) is 4.80. The number of nitro benzene ring substituents is 2. The van der Waals surface area contributed by atoms with Crippen molar-refractivity contribution >= 4 is 28.7 Å². The first kappa shape index (κ1) is 16.9. The number of hydrogen-bond donors (Lipinski definition) is 2. The molecule has 0 atom stereocenters. The predicted octanol–water partition coefficient (Wildman–Crippen LogP) is 2.94. The quantitative estimate of drug-likeness (QED) is 0.593. The molecule has 9 heteroatoms. The Morgan fingerprint density at radius 2 is 1.62 bits per heavy atom. The fourth-order valence-corrected chi connectivity index (χ4v) is 1.98. The van der Waals surface area contributed by atoms with Gasteiger partial charge in [0, 0.05) is 36.9 Å². The summed E-state index contributed by atoms with van der Waals surface area (Å²) in [6.45, 7) is 0.212. The van der Waals surface area contributed by atoms with Gasteiger partial charge in [0.25, 0.3) is 11.4 Å². The lowest BCUT2D eigenvalue weighted by atomic mass is 10.2. The molecule has 1 amide bonds. The molecular weight excluding hydrogens is 316 g/mol. The van der Waals surface area contributed by atoms with E-state index in [1.807, 2.05) is 0 Å². The number of non-ortho nitro benzene ring substituents is 1. The highest BCUT2D eigenvalue weighted by Crippen LogP contribution is 2.23. The summed E-state index contributed by atoms with van der Waals surface area (Å²) in [6, 6.07) is 11.6. The van der Waals surface area contributed by atoms with Crippen molar-refractivity contribution in [2.75, 3.05) is 17.2 Å². The zero-order chi connectivity index (χ0) is 17.5. The lowest BCUT2D eigenvalue weighted by Crippen LogP contribution is -2.16. The number of hydrogen-bond acceptors (Lipinski definition) is 6. The molecule has 0 fully saturated rings. The van der Waals surface area contributed by atoms with Gasteiger partial charge in [0.2, 0.25) is 5.91 Å². The molecule has 2 aromatic carbocycles. The molecule has 0 aliphatic rings. The van der Waals surface area contributed by atoms with Gasteiger partial charge in [-0.1, -0.05) is 12.1 Å². The van der Waals surface area contributed by atoms with Gasteiger partial charge in [-0.05, 0) is 18.2 Å². The topological polar surface area (TPSA) is 127 Å². The minimum absolute atomic E-state index is 0.0618. The molecule has 0 unspecified atom stereocenters. The van der Waals surface area contributed by atoms with Crippen LogP contribution in [-0.4, -0.2) is 22.3 Å². The molecular formula is C15H14N4O5. The molecule has 0 saturated carbocycles. The Labute approximate surface area is 136 Å². The minimum atomic E-state index is -0.526. The molecule has 0 spiro atoms. The smallest absolute Gasteiger partial charge is 0.292 e. The number of carbonyl (C=O) groups is 1. The first-order valence-corrected chi connectivity index (χ1v) is 6.99. The van der Waals surface area contributed by atoms with E-state index in [1.54, 1.807) is 18.2 Å². The normalized spacial score (nSPS) is 10.0. The van der Waals surface area contributed by atoms with Crippen molar-refractivity contribution in [1.82, 2.24) is 0 Å². The predicted molar refractivity (Wildman–Crippen MR) is 87.9 cm³/mol. The van der Waals surface area contributed by atoms with Gasteiger partial charge in [-0.15, -0.1) is 0 Å². The Bertz CT molecular complexity index is 761. The minimum Gasteiger partial charge on any atom is -0.379 e. The third-order valence-electron chi connectivity index (χ3n) is 3.13. The second-order valence-electron chi connectivity index (χ2n) is 4.80. The highest BCUT2D eigenvalue weighted by molar-refractivity contribution is 5.91. The molecule has 2 rings (SSSR count). The van der Waals surface area contributed by atoms with E-state index in [9.17, 15) is 25.0 Å². The highest BCUT2D eigenvalue weighted by atomic mass is 16.6. The maximum atomic E-state index is 11.8. The average Bonchev–Trinajstić information content (AvgIpc) is 2.55. The van der Waals surface area contributed by atoms with Gasteiger partial charge in [0.1, 0.15) is 5.69 Å². The first-order chi connectivity index (χ1) is 11.5. The van der Waals surface area contributed by atoms with Crippen molar-refractivity contribution < 1.29 is 14.6 Å². The zero-order valence-electron chi connectivity index (χ0n) is 12.5. The summed E-state index contributed by atoms with van der Waals surface area (Å²) >= 11 is 0. The van der Waals surface area contributed by atoms with Crippen LogP contribution in [0.3, 0.4) is 0 Å². The number of rotatable bonds is 7. The lowest BCUT2D eigenvalue weighted by Gasteiger charge is -2.08. The summed E-state index contributed by atoms with van der Waals surface area (Å²) in [4.78, 5) is 32.2. The fraction of sp³-hybridized carbons (Fsp3) is 0.133. The van der Waals surface area contributed by atoms with Crippen LogP contribution in [0.25, 0.3) is 0 Å². The Hall–Kier alpha value is -3.49. The van der Waals surface area contributed by atoms with Crippen LogP contribution in [0.2, 0.25) is 0 Å². The molecule has 9 nitrogen and oxygen atoms in total. The average molecular weight is 330 g/mol. The van der Waals surface area contributed by atoms with E-state index in [4.69, 9.17) is 0 Å². The maximum Gasteiger partial charge on any atom is 0.292 e. The largest absolute Gasteiger partial charge is 0.379 e. The van der Waals surface area contributed by atoms with Crippen molar-refractivity contribution in [2.24, 2.45) is 0 Å². The first-order valence-electron chi connectivity index (χ1n) is 6.99. The van der Waals surface area contributed by atoms with Crippen LogP contribution in [0.1, 0.15) is 6.42 Å². The molecule has 0 aliphatic heterocycles. The Morgan fingerprint density at radius 3 is 2.25 bits per heavy atom. The standard InChI is InChI=1S/C15H14N4O5/c20-15(17-11-5-7-12(8-6-11)18(21)22)9-10-16-13-3-1-2-4-14(13)19(23)24/h1-8,16H,9-10H2,(H,17,20). The molecule has 0 bridgehead atoms. The third kappa shape index (κ3) is 4.50. The van der Waals surface area contributed by atoms with Crippen molar-refractivity contribution in [1.29, 1.82) is 0 Å². The van der Waals surface area contributed by atoms with E-state index in [2.05, 4.69) is 10.6 Å². The lowest BCUT2D eigenvalue weighted by molar-refractivity contribution is -0.384. The van der Waals surface area contributed by atoms with Crippen molar-refractivity contribution in [3.05, 3.63) is 68.8 Å². The molecule has 0 heterocycles. The van der Waals surface area contributed by atoms with Crippen LogP contribution in [-0.2, 0) is 4.79 Å². The van der Waals surface area contributed by atoms with E-state index in [1.165, 1.54) is 30.3 Å². The van der Waals surface area contributed by atoms with Crippen LogP contribution in [0.15, 0.2) is 48.5 Å². The molecule has 0 aliphatic carbocycles. The van der Waals surface area contributed by atoms with Gasteiger partial charge in [0.05, 0.1) is 9.85 Å². The van der Waals surface area contributed by atoms with E-state index in [0.717, 1.165) is 0 Å². The number of nitrogens with one attached hydrogen (secondary N) is 2. The van der Waals surface area contributed by atoms with Crippen LogP contribution >= 0.6 is 0 Å². The second kappa shape index (κ2) is 7.68. The number of amides is 1. The monoisotopic (exact) mass is 330 g/mol. The fourth-order valence-electron chi connectivity index (χ4n) is 1.98. The summed E-state index contributed by atoms with van der Waals surface area (Å²) in [5.74, 6) is -0.310. The van der Waals surface area contributed by atoms with Crippen molar-refractivity contribution in [3.63, 3.8) is 0 Å². The van der Waals surface area contributed by atoms with E-state index < -0.39 is 9.85 Å². The van der Waals surface area contributed by atoms with E-state index >= 15 is 0 Å². The van der Waals surface area contributed by atoms with Gasteiger partial charge < -0.3 is 10.6 Å². The Morgan fingerprint density at radius 1 is 0.958 bits per heavy atom. The Balaban J connectivity index is 1.85. The van der Waals surface area contributed by atoms with E-state index in [0.29, 0.717) is 11.4 Å². The number of nitro groups is 2. The molecule has 0 aromatic heterocycles. The van der Waals surface area contributed by atoms with Gasteiger partial charge >= 0.3 is 0 Å². The molecule has 124 valence electrons. The summed E-state index contributed by atoms with van der Waals surface area (Å²) in [5, 5.41) is 26.9. The zero-order valence-corrected chi connectivity index (χ0v) is 12.5. The van der Waals surface area contributed by atoms with Gasteiger partial charge in [-0.25, -0.2) is 0 Å². The Kier molecular flexibility index (Phi) is 5.40. The van der Waals surface area contributed by atoms with E-state index in [-0.39, 0.29) is 30.2 Å². The molecule has 2 N–H and O–H groups in total. The maximum absolute atomic E-state index is 11.8. The summed E-state index contributed by atoms with van der Waals surface area (Å²) < 4.78 is 0. The molecule has 24 heavy (non-hydrogen) atoms. The SMILES string of the molecule is O=C(CCNc1ccccc1[N+](=O)[O-])Nc1ccc([N+](=O)[O-])cc1. The molecule has 0 saturated heterocycles.